The minimum Gasteiger partial charge on any atom is -0.489 e. The number of amides is 1. The van der Waals surface area contributed by atoms with Crippen LogP contribution < -0.4 is 4.72 Å². The van der Waals surface area contributed by atoms with Gasteiger partial charge in [0.1, 0.15) is 23.8 Å². The quantitative estimate of drug-likeness (QED) is 0.251. The number of benzene rings is 2. The molecule has 0 radical (unpaired) electrons. The summed E-state index contributed by atoms with van der Waals surface area (Å²) in [6.45, 7) is 0.193. The van der Waals surface area contributed by atoms with E-state index in [0.29, 0.717) is 57.3 Å². The van der Waals surface area contributed by atoms with Crippen LogP contribution in [0.5, 0.6) is 0 Å². The highest BCUT2D eigenvalue weighted by Gasteiger charge is 2.50. The molecule has 1 heterocycles. The normalized spacial score (nSPS) is 23.7. The number of aliphatic hydroxyl groups is 1. The van der Waals surface area contributed by atoms with E-state index in [1.807, 2.05) is 16.9 Å². The molecule has 226 valence electrons. The fourth-order valence-electron chi connectivity index (χ4n) is 5.90. The second kappa shape index (κ2) is 11.6. The first-order valence-electron chi connectivity index (χ1n) is 13.9. The fraction of sp³-hybridized carbons (Fsp3) is 0.355. The lowest BCUT2D eigenvalue weighted by atomic mass is 9.61. The highest BCUT2D eigenvalue weighted by molar-refractivity contribution is 7.89. The van der Waals surface area contributed by atoms with Crippen LogP contribution in [-0.2, 0) is 21.4 Å². The van der Waals surface area contributed by atoms with Gasteiger partial charge in [-0.15, -0.1) is 0 Å². The number of aromatic nitrogens is 1. The SMILES string of the molecule is CS(=O)(=O)NC(=O)c1cccc(C2CC(O)(C3CC=C(OCc4c(-c5c(Cl)cccc5Cl)noc4C4CC4)C=C3Cl)C2)c1. The van der Waals surface area contributed by atoms with Crippen LogP contribution in [0, 0.1) is 5.92 Å². The topological polar surface area (TPSA) is 119 Å². The molecule has 3 aromatic rings. The highest BCUT2D eigenvalue weighted by atomic mass is 35.5. The van der Waals surface area contributed by atoms with E-state index in [-0.39, 0.29) is 24.0 Å². The van der Waals surface area contributed by atoms with Gasteiger partial charge >= 0.3 is 0 Å². The van der Waals surface area contributed by atoms with Crippen molar-refractivity contribution < 1.29 is 27.6 Å². The molecule has 3 aliphatic rings. The van der Waals surface area contributed by atoms with Gasteiger partial charge in [-0.05, 0) is 80.0 Å². The Balaban J connectivity index is 1.12. The largest absolute Gasteiger partial charge is 0.489 e. The summed E-state index contributed by atoms with van der Waals surface area (Å²) in [5.74, 6) is 0.677. The molecule has 0 bridgehead atoms. The van der Waals surface area contributed by atoms with Crippen LogP contribution in [0.4, 0.5) is 0 Å². The average Bonchev–Trinajstić information content (AvgIpc) is 3.69. The van der Waals surface area contributed by atoms with Crippen molar-refractivity contribution in [2.75, 3.05) is 6.26 Å². The monoisotopic (exact) mass is 662 g/mol. The molecule has 2 aromatic carbocycles. The van der Waals surface area contributed by atoms with Crippen LogP contribution in [0.15, 0.2) is 69.9 Å². The molecule has 1 aromatic heterocycles. The molecular formula is C31H29Cl3N2O6S. The second-order valence-electron chi connectivity index (χ2n) is 11.5. The van der Waals surface area contributed by atoms with Gasteiger partial charge in [0.2, 0.25) is 10.0 Å². The molecule has 0 saturated heterocycles. The summed E-state index contributed by atoms with van der Waals surface area (Å²) in [7, 11) is -3.67. The first-order chi connectivity index (χ1) is 20.4. The summed E-state index contributed by atoms with van der Waals surface area (Å²) in [5.41, 5.74) is 2.06. The van der Waals surface area contributed by atoms with Crippen molar-refractivity contribution in [3.63, 3.8) is 0 Å². The zero-order valence-electron chi connectivity index (χ0n) is 23.1. The van der Waals surface area contributed by atoms with Crippen LogP contribution >= 0.6 is 34.8 Å². The summed E-state index contributed by atoms with van der Waals surface area (Å²) in [5, 5.41) is 17.2. The molecule has 2 fully saturated rings. The smallest absolute Gasteiger partial charge is 0.264 e. The van der Waals surface area contributed by atoms with Gasteiger partial charge in [-0.3, -0.25) is 4.79 Å². The fourth-order valence-corrected chi connectivity index (χ4v) is 7.33. The predicted molar refractivity (Wildman–Crippen MR) is 165 cm³/mol. The number of halogens is 3. The van der Waals surface area contributed by atoms with Gasteiger partial charge in [-0.2, -0.15) is 0 Å². The van der Waals surface area contributed by atoms with E-state index in [9.17, 15) is 18.3 Å². The standard InChI is InChI=1S/C31H29Cl3N2O6S/c1-43(39,40)36-30(37)19-5-2-4-18(12-19)20-14-31(38,15-20)23-11-10-21(13-26(23)34)41-16-22-28(35-42-29(22)17-8-9-17)27-24(32)6-3-7-25(27)33/h2-7,10,12-13,17,20,23,38H,8-9,11,14-16H2,1H3,(H,36,37). The summed E-state index contributed by atoms with van der Waals surface area (Å²) in [6.07, 6.45) is 8.03. The summed E-state index contributed by atoms with van der Waals surface area (Å²) in [6, 6.07) is 12.1. The maximum Gasteiger partial charge on any atom is 0.264 e. The van der Waals surface area contributed by atoms with Gasteiger partial charge in [0.25, 0.3) is 5.91 Å². The number of allylic oxidation sites excluding steroid dienone is 2. The van der Waals surface area contributed by atoms with E-state index in [2.05, 4.69) is 5.16 Å². The maximum atomic E-state index is 12.3. The molecule has 2 saturated carbocycles. The summed E-state index contributed by atoms with van der Waals surface area (Å²) < 4.78 is 36.8. The molecule has 2 N–H and O–H groups in total. The average molecular weight is 664 g/mol. The van der Waals surface area contributed by atoms with E-state index in [1.165, 1.54) is 0 Å². The Morgan fingerprint density at radius 2 is 1.81 bits per heavy atom. The molecule has 0 spiro atoms. The third-order valence-electron chi connectivity index (χ3n) is 8.26. The number of rotatable bonds is 9. The number of carbonyl (C=O) groups excluding carboxylic acids is 1. The van der Waals surface area contributed by atoms with Crippen molar-refractivity contribution in [2.45, 2.75) is 56.1 Å². The van der Waals surface area contributed by atoms with Gasteiger partial charge in [0.15, 0.2) is 0 Å². The molecular weight excluding hydrogens is 635 g/mol. The Morgan fingerprint density at radius 1 is 1.12 bits per heavy atom. The predicted octanol–water partition coefficient (Wildman–Crippen LogP) is 7.07. The first-order valence-corrected chi connectivity index (χ1v) is 16.9. The van der Waals surface area contributed by atoms with Crippen LogP contribution in [0.1, 0.15) is 71.2 Å². The zero-order chi connectivity index (χ0) is 30.5. The Hall–Kier alpha value is -2.82. The lowest BCUT2D eigenvalue weighted by Gasteiger charge is -2.49. The molecule has 43 heavy (non-hydrogen) atoms. The van der Waals surface area contributed by atoms with E-state index < -0.39 is 21.5 Å². The number of carbonyl (C=O) groups is 1. The van der Waals surface area contributed by atoms with E-state index >= 15 is 0 Å². The van der Waals surface area contributed by atoms with Crippen molar-refractivity contribution in [3.8, 4) is 11.3 Å². The van der Waals surface area contributed by atoms with Crippen molar-refractivity contribution in [1.82, 2.24) is 9.88 Å². The number of ether oxygens (including phenoxy) is 1. The van der Waals surface area contributed by atoms with Crippen LogP contribution in [-0.4, -0.2) is 36.4 Å². The van der Waals surface area contributed by atoms with Gasteiger partial charge in [-0.1, -0.05) is 58.2 Å². The lowest BCUT2D eigenvalue weighted by Crippen LogP contribution is -2.49. The second-order valence-corrected chi connectivity index (χ2v) is 14.5. The Kier molecular flexibility index (Phi) is 8.15. The summed E-state index contributed by atoms with van der Waals surface area (Å²) >= 11 is 19.7. The zero-order valence-corrected chi connectivity index (χ0v) is 26.2. The van der Waals surface area contributed by atoms with Crippen molar-refractivity contribution in [3.05, 3.63) is 97.9 Å². The third kappa shape index (κ3) is 6.37. The van der Waals surface area contributed by atoms with Gasteiger partial charge in [-0.25, -0.2) is 13.1 Å². The number of hydrogen-bond acceptors (Lipinski definition) is 7. The minimum atomic E-state index is -3.67. The van der Waals surface area contributed by atoms with Crippen molar-refractivity contribution in [2.24, 2.45) is 5.92 Å². The molecule has 1 unspecified atom stereocenters. The molecule has 6 rings (SSSR count). The molecule has 3 aliphatic carbocycles. The van der Waals surface area contributed by atoms with Crippen LogP contribution in [0.3, 0.4) is 0 Å². The van der Waals surface area contributed by atoms with Gasteiger partial charge in [0, 0.05) is 28.0 Å². The van der Waals surface area contributed by atoms with Gasteiger partial charge < -0.3 is 14.4 Å². The van der Waals surface area contributed by atoms with Crippen molar-refractivity contribution >= 4 is 50.7 Å². The summed E-state index contributed by atoms with van der Waals surface area (Å²) in [4.78, 5) is 12.3. The maximum absolute atomic E-state index is 12.3. The Labute approximate surface area is 264 Å². The minimum absolute atomic E-state index is 0.00608. The lowest BCUT2D eigenvalue weighted by molar-refractivity contribution is -0.0836. The molecule has 8 nitrogen and oxygen atoms in total. The number of nitrogens with zero attached hydrogens (tertiary/aromatic N) is 1. The van der Waals surface area contributed by atoms with Crippen molar-refractivity contribution in [1.29, 1.82) is 0 Å². The Bertz CT molecular complexity index is 1740. The van der Waals surface area contributed by atoms with Gasteiger partial charge in [0.05, 0.1) is 27.5 Å². The molecule has 0 aliphatic heterocycles. The Morgan fingerprint density at radius 3 is 2.47 bits per heavy atom. The number of sulfonamides is 1. The first kappa shape index (κ1) is 30.2. The molecule has 1 atom stereocenters. The molecule has 1 amide bonds. The number of nitrogens with one attached hydrogen (secondary N) is 1. The van der Waals surface area contributed by atoms with E-state index in [4.69, 9.17) is 44.1 Å². The van der Waals surface area contributed by atoms with Crippen LogP contribution in [0.2, 0.25) is 10.0 Å². The van der Waals surface area contributed by atoms with Crippen LogP contribution in [0.25, 0.3) is 11.3 Å². The number of hydrogen-bond donors (Lipinski definition) is 2. The van der Waals surface area contributed by atoms with E-state index in [0.717, 1.165) is 36.0 Å². The van der Waals surface area contributed by atoms with E-state index in [1.54, 1.807) is 42.5 Å². The highest BCUT2D eigenvalue weighted by Crippen LogP contribution is 2.53. The third-order valence-corrected chi connectivity index (χ3v) is 9.82. The molecule has 12 heteroatoms.